The van der Waals surface area contributed by atoms with Crippen molar-refractivity contribution in [2.45, 2.75) is 11.3 Å². The third kappa shape index (κ3) is 5.33. The second kappa shape index (κ2) is 7.96. The largest absolute Gasteiger partial charge is 0.289 e. The quantitative estimate of drug-likeness (QED) is 0.645. The molecule has 2 aromatic rings. The van der Waals surface area contributed by atoms with E-state index in [1.807, 2.05) is 61.6 Å². The Morgan fingerprint density at radius 2 is 1.81 bits per heavy atom. The van der Waals surface area contributed by atoms with Gasteiger partial charge in [-0.25, -0.2) is 0 Å². The Morgan fingerprint density at radius 1 is 1.14 bits per heavy atom. The molecule has 0 aliphatic heterocycles. The number of hydrogen-bond acceptors (Lipinski definition) is 3. The molecule has 0 bridgehead atoms. The van der Waals surface area contributed by atoms with Crippen LogP contribution in [-0.4, -0.2) is 18.7 Å². The number of para-hydroxylation sites is 1. The summed E-state index contributed by atoms with van der Waals surface area (Å²) in [7, 11) is 1.83. The summed E-state index contributed by atoms with van der Waals surface area (Å²) in [6.07, 6.45) is 0.463. The van der Waals surface area contributed by atoms with Crippen LogP contribution in [0.15, 0.2) is 59.5 Å². The summed E-state index contributed by atoms with van der Waals surface area (Å²) < 4.78 is 0. The first-order valence-corrected chi connectivity index (χ1v) is 7.98. The zero-order valence-corrected chi connectivity index (χ0v) is 13.3. The second-order valence-corrected chi connectivity index (χ2v) is 6.09. The minimum absolute atomic E-state index is 0.00261. The van der Waals surface area contributed by atoms with Crippen LogP contribution in [-0.2, 0) is 4.79 Å². The summed E-state index contributed by atoms with van der Waals surface area (Å²) in [5.41, 5.74) is 3.81. The number of benzene rings is 2. The van der Waals surface area contributed by atoms with Gasteiger partial charge in [-0.15, -0.1) is 11.8 Å². The maximum absolute atomic E-state index is 11.9. The molecule has 110 valence electrons. The van der Waals surface area contributed by atoms with E-state index in [0.717, 1.165) is 21.4 Å². The van der Waals surface area contributed by atoms with Crippen molar-refractivity contribution in [3.05, 3.63) is 59.6 Å². The Kier molecular flexibility index (Phi) is 5.96. The molecule has 0 heterocycles. The Bertz CT molecular complexity index is 575. The number of hydrogen-bond donors (Lipinski definition) is 1. The molecule has 0 unspecified atom stereocenters. The topological polar surface area (TPSA) is 32.3 Å². The molecule has 0 aromatic heterocycles. The monoisotopic (exact) mass is 320 g/mol. The average molecular weight is 321 g/mol. The van der Waals surface area contributed by atoms with Crippen LogP contribution < -0.4 is 10.4 Å². The number of hydrazine groups is 1. The number of halogens is 1. The maximum Gasteiger partial charge on any atom is 0.239 e. The zero-order valence-electron chi connectivity index (χ0n) is 11.8. The number of nitrogens with one attached hydrogen (secondary N) is 1. The lowest BCUT2D eigenvalue weighted by atomic mass is 10.3. The van der Waals surface area contributed by atoms with Crippen LogP contribution in [0.5, 0.6) is 0 Å². The highest BCUT2D eigenvalue weighted by Gasteiger charge is 2.06. The number of amides is 1. The van der Waals surface area contributed by atoms with Gasteiger partial charge < -0.3 is 0 Å². The predicted molar refractivity (Wildman–Crippen MR) is 89.8 cm³/mol. The van der Waals surface area contributed by atoms with Gasteiger partial charge in [0.05, 0.1) is 5.69 Å². The molecule has 21 heavy (non-hydrogen) atoms. The highest BCUT2D eigenvalue weighted by molar-refractivity contribution is 7.99. The molecular formula is C16H17ClN2OS. The molecule has 1 N–H and O–H groups in total. The van der Waals surface area contributed by atoms with Gasteiger partial charge in [-0.2, -0.15) is 0 Å². The number of anilines is 1. The third-order valence-electron chi connectivity index (χ3n) is 2.85. The fraction of sp³-hybridized carbons (Fsp3) is 0.188. The zero-order chi connectivity index (χ0) is 15.1. The van der Waals surface area contributed by atoms with E-state index < -0.39 is 0 Å². The summed E-state index contributed by atoms with van der Waals surface area (Å²) in [6.45, 7) is 0. The molecule has 1 amide bonds. The van der Waals surface area contributed by atoms with Crippen molar-refractivity contribution < 1.29 is 4.79 Å². The van der Waals surface area contributed by atoms with Crippen molar-refractivity contribution in [2.24, 2.45) is 0 Å². The summed E-state index contributed by atoms with van der Waals surface area (Å²) in [6, 6.07) is 17.3. The summed E-state index contributed by atoms with van der Waals surface area (Å²) in [5, 5.41) is 2.46. The van der Waals surface area contributed by atoms with Crippen molar-refractivity contribution in [1.82, 2.24) is 5.43 Å². The molecule has 0 saturated carbocycles. The fourth-order valence-corrected chi connectivity index (χ4v) is 2.73. The summed E-state index contributed by atoms with van der Waals surface area (Å²) >= 11 is 7.48. The van der Waals surface area contributed by atoms with E-state index in [9.17, 15) is 4.79 Å². The van der Waals surface area contributed by atoms with Crippen molar-refractivity contribution in [1.29, 1.82) is 0 Å². The van der Waals surface area contributed by atoms with Gasteiger partial charge in [0.2, 0.25) is 5.91 Å². The summed E-state index contributed by atoms with van der Waals surface area (Å²) in [4.78, 5) is 13.0. The Hall–Kier alpha value is -1.65. The van der Waals surface area contributed by atoms with Crippen LogP contribution in [0.2, 0.25) is 5.02 Å². The normalized spacial score (nSPS) is 10.2. The lowest BCUT2D eigenvalue weighted by Crippen LogP contribution is -2.39. The number of thioether (sulfide) groups is 1. The van der Waals surface area contributed by atoms with Crippen LogP contribution in [0.1, 0.15) is 6.42 Å². The average Bonchev–Trinajstić information content (AvgIpc) is 2.50. The smallest absolute Gasteiger partial charge is 0.239 e. The number of nitrogens with zero attached hydrogens (tertiary/aromatic N) is 1. The Morgan fingerprint density at radius 3 is 2.48 bits per heavy atom. The molecule has 0 aliphatic rings. The molecular weight excluding hydrogens is 304 g/mol. The van der Waals surface area contributed by atoms with Crippen molar-refractivity contribution in [3.63, 3.8) is 0 Å². The van der Waals surface area contributed by atoms with Crippen LogP contribution in [0.3, 0.4) is 0 Å². The van der Waals surface area contributed by atoms with Crippen molar-refractivity contribution in [2.75, 3.05) is 17.8 Å². The van der Waals surface area contributed by atoms with E-state index in [4.69, 9.17) is 11.6 Å². The van der Waals surface area contributed by atoms with Crippen molar-refractivity contribution >= 4 is 35.0 Å². The Labute approximate surface area is 134 Å². The number of carbonyl (C=O) groups excluding carboxylic acids is 1. The highest BCUT2D eigenvalue weighted by Crippen LogP contribution is 2.20. The van der Waals surface area contributed by atoms with Gasteiger partial charge in [0, 0.05) is 29.1 Å². The van der Waals surface area contributed by atoms with E-state index in [0.29, 0.717) is 6.42 Å². The minimum atomic E-state index is 0.00261. The van der Waals surface area contributed by atoms with Gasteiger partial charge >= 0.3 is 0 Å². The lowest BCUT2D eigenvalue weighted by Gasteiger charge is -2.20. The highest BCUT2D eigenvalue weighted by atomic mass is 35.5. The van der Waals surface area contributed by atoms with Crippen molar-refractivity contribution in [3.8, 4) is 0 Å². The SMILES string of the molecule is CN(NC(=O)CCSc1ccc(Cl)cc1)c1ccccc1. The first kappa shape index (κ1) is 15.7. The molecule has 0 spiro atoms. The lowest BCUT2D eigenvalue weighted by molar-refractivity contribution is -0.120. The molecule has 2 rings (SSSR count). The van der Waals surface area contributed by atoms with E-state index >= 15 is 0 Å². The summed E-state index contributed by atoms with van der Waals surface area (Å²) in [5.74, 6) is 0.735. The molecule has 0 radical (unpaired) electrons. The second-order valence-electron chi connectivity index (χ2n) is 4.48. The Balaban J connectivity index is 1.73. The van der Waals surface area contributed by atoms with Crippen LogP contribution in [0.25, 0.3) is 0 Å². The van der Waals surface area contributed by atoms with Gasteiger partial charge in [-0.3, -0.25) is 15.2 Å². The van der Waals surface area contributed by atoms with Gasteiger partial charge in [0.15, 0.2) is 0 Å². The van der Waals surface area contributed by atoms with E-state index in [2.05, 4.69) is 5.43 Å². The molecule has 2 aromatic carbocycles. The molecule has 0 aliphatic carbocycles. The number of carbonyl (C=O) groups is 1. The maximum atomic E-state index is 11.9. The van der Waals surface area contributed by atoms with E-state index in [-0.39, 0.29) is 5.91 Å². The molecule has 0 atom stereocenters. The fourth-order valence-electron chi connectivity index (χ4n) is 1.75. The van der Waals surface area contributed by atoms with Gasteiger partial charge in [0.25, 0.3) is 0 Å². The van der Waals surface area contributed by atoms with Crippen LogP contribution in [0.4, 0.5) is 5.69 Å². The van der Waals surface area contributed by atoms with Gasteiger partial charge in [0.1, 0.15) is 0 Å². The number of rotatable bonds is 6. The minimum Gasteiger partial charge on any atom is -0.289 e. The molecule has 5 heteroatoms. The molecule has 0 fully saturated rings. The third-order valence-corrected chi connectivity index (χ3v) is 4.11. The predicted octanol–water partition coefficient (Wildman–Crippen LogP) is 3.99. The van der Waals surface area contributed by atoms with E-state index in [1.54, 1.807) is 16.8 Å². The van der Waals surface area contributed by atoms with Gasteiger partial charge in [-0.1, -0.05) is 29.8 Å². The first-order chi connectivity index (χ1) is 10.1. The van der Waals surface area contributed by atoms with Gasteiger partial charge in [-0.05, 0) is 36.4 Å². The van der Waals surface area contributed by atoms with Crippen LogP contribution in [0, 0.1) is 0 Å². The molecule has 0 saturated heterocycles. The molecule has 3 nitrogen and oxygen atoms in total. The van der Waals surface area contributed by atoms with Crippen LogP contribution >= 0.6 is 23.4 Å². The first-order valence-electron chi connectivity index (χ1n) is 6.62. The van der Waals surface area contributed by atoms with E-state index in [1.165, 1.54) is 0 Å². The standard InChI is InChI=1S/C16H17ClN2OS/c1-19(14-5-3-2-4-6-14)18-16(20)11-12-21-15-9-7-13(17)8-10-15/h2-10H,11-12H2,1H3,(H,18,20).